The Morgan fingerprint density at radius 1 is 1.50 bits per heavy atom. The minimum absolute atomic E-state index is 0.146. The van der Waals surface area contributed by atoms with E-state index in [2.05, 4.69) is 15.9 Å². The average Bonchev–Trinajstić information content (AvgIpc) is 2.11. The summed E-state index contributed by atoms with van der Waals surface area (Å²) >= 11 is 3.32. The average molecular weight is 260 g/mol. The Morgan fingerprint density at radius 3 is 2.57 bits per heavy atom. The van der Waals surface area contributed by atoms with Gasteiger partial charge in [-0.2, -0.15) is 0 Å². The first-order valence-corrected chi connectivity index (χ1v) is 5.07. The van der Waals surface area contributed by atoms with Crippen molar-refractivity contribution in [2.45, 2.75) is 19.4 Å². The van der Waals surface area contributed by atoms with Gasteiger partial charge in [-0.15, -0.1) is 0 Å². The number of phenolic OH excluding ortho intramolecular Hbond substituents is 1. The third-order valence-corrected chi connectivity index (χ3v) is 2.67. The maximum atomic E-state index is 9.78. The quantitative estimate of drug-likeness (QED) is 0.757. The summed E-state index contributed by atoms with van der Waals surface area (Å²) < 4.78 is 0.841. The van der Waals surface area contributed by atoms with E-state index in [4.69, 9.17) is 10.8 Å². The molecule has 0 fully saturated rings. The van der Waals surface area contributed by atoms with Crippen molar-refractivity contribution in [3.05, 3.63) is 27.7 Å². The third-order valence-electron chi connectivity index (χ3n) is 2.21. The number of rotatable bonds is 2. The van der Waals surface area contributed by atoms with Gasteiger partial charge in [-0.05, 0) is 31.5 Å². The lowest BCUT2D eigenvalue weighted by Crippen LogP contribution is -2.37. The van der Waals surface area contributed by atoms with Crippen LogP contribution in [0.3, 0.4) is 0 Å². The van der Waals surface area contributed by atoms with Gasteiger partial charge in [-0.25, -0.2) is 0 Å². The van der Waals surface area contributed by atoms with E-state index in [1.54, 1.807) is 26.0 Å². The van der Waals surface area contributed by atoms with E-state index in [1.807, 2.05) is 0 Å². The highest BCUT2D eigenvalue weighted by atomic mass is 79.9. The van der Waals surface area contributed by atoms with Gasteiger partial charge in [-0.3, -0.25) is 0 Å². The standard InChI is InChI=1S/C10H14BrNO2/c1-6-3-7(11)4-8(9(6)14)10(2,12)5-13/h3-4,13-14H,5,12H2,1-2H3. The summed E-state index contributed by atoms with van der Waals surface area (Å²) in [6.45, 7) is 3.25. The number of hydrogen-bond donors (Lipinski definition) is 3. The van der Waals surface area contributed by atoms with E-state index in [1.165, 1.54) is 0 Å². The normalized spacial score (nSPS) is 15.2. The molecule has 0 saturated heterocycles. The van der Waals surface area contributed by atoms with Crippen LogP contribution in [0.5, 0.6) is 5.75 Å². The molecule has 1 atom stereocenters. The van der Waals surface area contributed by atoms with Crippen LogP contribution in [0, 0.1) is 6.92 Å². The van der Waals surface area contributed by atoms with Crippen LogP contribution in [0.15, 0.2) is 16.6 Å². The molecule has 0 saturated carbocycles. The maximum Gasteiger partial charge on any atom is 0.123 e. The van der Waals surface area contributed by atoms with Crippen LogP contribution in [-0.2, 0) is 5.54 Å². The van der Waals surface area contributed by atoms with Crippen LogP contribution in [0.25, 0.3) is 0 Å². The molecular formula is C10H14BrNO2. The van der Waals surface area contributed by atoms with Gasteiger partial charge in [0, 0.05) is 10.0 Å². The van der Waals surface area contributed by atoms with Crippen LogP contribution < -0.4 is 5.73 Å². The Labute approximate surface area is 91.7 Å². The van der Waals surface area contributed by atoms with Gasteiger partial charge in [-0.1, -0.05) is 15.9 Å². The van der Waals surface area contributed by atoms with Crippen LogP contribution in [0.4, 0.5) is 0 Å². The topological polar surface area (TPSA) is 66.5 Å². The molecule has 0 aliphatic rings. The molecular weight excluding hydrogens is 246 g/mol. The smallest absolute Gasteiger partial charge is 0.123 e. The van der Waals surface area contributed by atoms with E-state index >= 15 is 0 Å². The number of nitrogens with two attached hydrogens (primary N) is 1. The van der Waals surface area contributed by atoms with E-state index < -0.39 is 5.54 Å². The zero-order chi connectivity index (χ0) is 10.9. The fourth-order valence-corrected chi connectivity index (χ4v) is 1.83. The van der Waals surface area contributed by atoms with Gasteiger partial charge in [0.05, 0.1) is 12.1 Å². The van der Waals surface area contributed by atoms with E-state index in [0.29, 0.717) is 5.56 Å². The molecule has 1 aromatic carbocycles. The van der Waals surface area contributed by atoms with Crippen molar-refractivity contribution < 1.29 is 10.2 Å². The Kier molecular flexibility index (Phi) is 3.19. The minimum Gasteiger partial charge on any atom is -0.507 e. The van der Waals surface area contributed by atoms with E-state index in [0.717, 1.165) is 10.0 Å². The molecule has 1 unspecified atom stereocenters. The van der Waals surface area contributed by atoms with Gasteiger partial charge < -0.3 is 15.9 Å². The second kappa shape index (κ2) is 3.88. The summed E-state index contributed by atoms with van der Waals surface area (Å²) in [6.07, 6.45) is 0. The lowest BCUT2D eigenvalue weighted by molar-refractivity contribution is 0.206. The second-order valence-corrected chi connectivity index (χ2v) is 4.61. The molecule has 0 bridgehead atoms. The van der Waals surface area contributed by atoms with Crippen molar-refractivity contribution in [2.24, 2.45) is 5.73 Å². The Bertz CT molecular complexity index is 350. The Hall–Kier alpha value is -0.580. The molecule has 14 heavy (non-hydrogen) atoms. The number of benzene rings is 1. The van der Waals surface area contributed by atoms with Gasteiger partial charge in [0.2, 0.25) is 0 Å². The van der Waals surface area contributed by atoms with Crippen LogP contribution in [0.2, 0.25) is 0 Å². The molecule has 4 N–H and O–H groups in total. The largest absolute Gasteiger partial charge is 0.507 e. The predicted octanol–water partition coefficient (Wildman–Crippen LogP) is 1.63. The zero-order valence-corrected chi connectivity index (χ0v) is 9.80. The summed E-state index contributed by atoms with van der Waals surface area (Å²) in [6, 6.07) is 3.52. The summed E-state index contributed by atoms with van der Waals surface area (Å²) in [7, 11) is 0. The molecule has 4 heteroatoms. The molecule has 3 nitrogen and oxygen atoms in total. The summed E-state index contributed by atoms with van der Waals surface area (Å²) in [5.41, 5.74) is 6.21. The first-order valence-electron chi connectivity index (χ1n) is 4.28. The van der Waals surface area contributed by atoms with Crippen molar-refractivity contribution in [2.75, 3.05) is 6.61 Å². The number of aliphatic hydroxyl groups is 1. The summed E-state index contributed by atoms with van der Waals surface area (Å²) in [5.74, 6) is 0.146. The van der Waals surface area contributed by atoms with E-state index in [9.17, 15) is 5.11 Å². The van der Waals surface area contributed by atoms with Crippen LogP contribution >= 0.6 is 15.9 Å². The van der Waals surface area contributed by atoms with Crippen molar-refractivity contribution in [3.8, 4) is 5.75 Å². The fraction of sp³-hybridized carbons (Fsp3) is 0.400. The SMILES string of the molecule is Cc1cc(Br)cc(C(C)(N)CO)c1O. The Balaban J connectivity index is 3.34. The van der Waals surface area contributed by atoms with Crippen LogP contribution in [0.1, 0.15) is 18.1 Å². The number of halogens is 1. The molecule has 1 rings (SSSR count). The van der Waals surface area contributed by atoms with Crippen molar-refractivity contribution in [1.29, 1.82) is 0 Å². The number of aryl methyl sites for hydroxylation is 1. The molecule has 0 aliphatic heterocycles. The second-order valence-electron chi connectivity index (χ2n) is 3.69. The highest BCUT2D eigenvalue weighted by Crippen LogP contribution is 2.32. The zero-order valence-electron chi connectivity index (χ0n) is 8.21. The van der Waals surface area contributed by atoms with Crippen molar-refractivity contribution >= 4 is 15.9 Å². The van der Waals surface area contributed by atoms with E-state index in [-0.39, 0.29) is 12.4 Å². The molecule has 1 aromatic rings. The van der Waals surface area contributed by atoms with Gasteiger partial charge in [0.15, 0.2) is 0 Å². The van der Waals surface area contributed by atoms with Gasteiger partial charge in [0.25, 0.3) is 0 Å². The molecule has 0 aliphatic carbocycles. The van der Waals surface area contributed by atoms with Crippen molar-refractivity contribution in [3.63, 3.8) is 0 Å². The first-order chi connectivity index (χ1) is 6.38. The third kappa shape index (κ3) is 2.08. The number of aromatic hydroxyl groups is 1. The lowest BCUT2D eigenvalue weighted by Gasteiger charge is -2.24. The summed E-state index contributed by atoms with van der Waals surface area (Å²) in [5, 5.41) is 18.9. The summed E-state index contributed by atoms with van der Waals surface area (Å²) in [4.78, 5) is 0. The minimum atomic E-state index is -0.918. The monoisotopic (exact) mass is 259 g/mol. The predicted molar refractivity (Wildman–Crippen MR) is 59.2 cm³/mol. The highest BCUT2D eigenvalue weighted by molar-refractivity contribution is 9.10. The number of hydrogen-bond acceptors (Lipinski definition) is 3. The first kappa shape index (κ1) is 11.5. The number of aliphatic hydroxyl groups excluding tert-OH is 1. The Morgan fingerprint density at radius 2 is 2.07 bits per heavy atom. The maximum absolute atomic E-state index is 9.78. The molecule has 0 spiro atoms. The van der Waals surface area contributed by atoms with Gasteiger partial charge >= 0.3 is 0 Å². The number of phenols is 1. The lowest BCUT2D eigenvalue weighted by atomic mass is 9.92. The van der Waals surface area contributed by atoms with Gasteiger partial charge in [0.1, 0.15) is 5.75 Å². The molecule has 78 valence electrons. The molecule has 0 aromatic heterocycles. The molecule has 0 heterocycles. The van der Waals surface area contributed by atoms with Crippen molar-refractivity contribution in [1.82, 2.24) is 0 Å². The highest BCUT2D eigenvalue weighted by Gasteiger charge is 2.24. The van der Waals surface area contributed by atoms with Crippen LogP contribution in [-0.4, -0.2) is 16.8 Å². The fourth-order valence-electron chi connectivity index (χ4n) is 1.26. The molecule has 0 radical (unpaired) electrons. The molecule has 0 amide bonds.